The van der Waals surface area contributed by atoms with E-state index in [-0.39, 0.29) is 0 Å². The average molecular weight is 167 g/mol. The zero-order valence-corrected chi connectivity index (χ0v) is 7.36. The Hall–Kier alpha value is -0.340. The Morgan fingerprint density at radius 2 is 2.64 bits per heavy atom. The number of hydrogen-bond acceptors (Lipinski definition) is 2. The molecule has 1 aromatic rings. The van der Waals surface area contributed by atoms with Gasteiger partial charge in [0.2, 0.25) is 0 Å². The average Bonchev–Trinajstić information content (AvgIpc) is 2.60. The highest BCUT2D eigenvalue weighted by Crippen LogP contribution is 2.18. The third kappa shape index (κ3) is 1.82. The molecule has 1 aliphatic heterocycles. The zero-order valence-electron chi connectivity index (χ0n) is 6.55. The van der Waals surface area contributed by atoms with Crippen LogP contribution < -0.4 is 5.32 Å². The molecule has 60 valence electrons. The fraction of sp³-hybridized carbons (Fsp3) is 0.556. The molecule has 1 aromatic heterocycles. The first-order valence-electron chi connectivity index (χ1n) is 4.18. The number of hydrogen-bond donors (Lipinski definition) is 1. The molecule has 0 saturated carbocycles. The molecule has 1 nitrogen and oxygen atoms in total. The number of thiophene rings is 1. The minimum atomic E-state index is 0.897. The van der Waals surface area contributed by atoms with Crippen molar-refractivity contribution in [1.82, 2.24) is 5.32 Å². The summed E-state index contributed by atoms with van der Waals surface area (Å²) >= 11 is 1.88. The molecule has 0 unspecified atom stereocenters. The van der Waals surface area contributed by atoms with E-state index in [4.69, 9.17) is 0 Å². The first-order valence-corrected chi connectivity index (χ1v) is 5.06. The van der Waals surface area contributed by atoms with Gasteiger partial charge in [0.25, 0.3) is 0 Å². The van der Waals surface area contributed by atoms with E-state index in [0.717, 1.165) is 5.92 Å². The topological polar surface area (TPSA) is 12.0 Å². The van der Waals surface area contributed by atoms with E-state index in [1.165, 1.54) is 25.9 Å². The zero-order chi connectivity index (χ0) is 7.52. The molecule has 1 aliphatic rings. The Labute approximate surface area is 71.4 Å². The lowest BCUT2D eigenvalue weighted by atomic mass is 10.0. The standard InChI is InChI=1S/C9H13NS/c1-2-9(11-5-1)6-8-3-4-10-7-8/h1-2,5,8,10H,3-4,6-7H2/t8-/m1/s1. The van der Waals surface area contributed by atoms with Gasteiger partial charge in [0, 0.05) is 4.88 Å². The SMILES string of the molecule is c1csc(C[C@H]2CCNC2)c1. The maximum absolute atomic E-state index is 3.39. The van der Waals surface area contributed by atoms with Gasteiger partial charge in [0.05, 0.1) is 0 Å². The van der Waals surface area contributed by atoms with Gasteiger partial charge in [-0.2, -0.15) is 0 Å². The van der Waals surface area contributed by atoms with Crippen LogP contribution in [-0.4, -0.2) is 13.1 Å². The summed E-state index contributed by atoms with van der Waals surface area (Å²) in [4.78, 5) is 1.54. The van der Waals surface area contributed by atoms with Gasteiger partial charge in [0.15, 0.2) is 0 Å². The third-order valence-electron chi connectivity index (χ3n) is 2.23. The van der Waals surface area contributed by atoms with Crippen LogP contribution in [0.25, 0.3) is 0 Å². The Morgan fingerprint density at radius 3 is 3.27 bits per heavy atom. The van der Waals surface area contributed by atoms with E-state index in [0.29, 0.717) is 0 Å². The van der Waals surface area contributed by atoms with Crippen LogP contribution in [0.1, 0.15) is 11.3 Å². The molecule has 0 aliphatic carbocycles. The second kappa shape index (κ2) is 3.37. The van der Waals surface area contributed by atoms with Crippen molar-refractivity contribution in [1.29, 1.82) is 0 Å². The van der Waals surface area contributed by atoms with Gasteiger partial charge in [-0.25, -0.2) is 0 Å². The molecule has 1 N–H and O–H groups in total. The predicted molar refractivity (Wildman–Crippen MR) is 49.0 cm³/mol. The summed E-state index contributed by atoms with van der Waals surface area (Å²) in [5.74, 6) is 0.897. The maximum atomic E-state index is 3.39. The summed E-state index contributed by atoms with van der Waals surface area (Å²) in [5.41, 5.74) is 0. The monoisotopic (exact) mass is 167 g/mol. The van der Waals surface area contributed by atoms with Crippen molar-refractivity contribution in [2.45, 2.75) is 12.8 Å². The molecule has 2 heterocycles. The molecule has 1 atom stereocenters. The minimum absolute atomic E-state index is 0.897. The molecule has 0 aromatic carbocycles. The second-order valence-corrected chi connectivity index (χ2v) is 4.17. The van der Waals surface area contributed by atoms with Gasteiger partial charge >= 0.3 is 0 Å². The highest BCUT2D eigenvalue weighted by Gasteiger charge is 2.14. The number of rotatable bonds is 2. The first-order chi connectivity index (χ1) is 5.45. The Morgan fingerprint density at radius 1 is 1.64 bits per heavy atom. The molecule has 0 bridgehead atoms. The smallest absolute Gasteiger partial charge is 0.00484 e. The van der Waals surface area contributed by atoms with E-state index in [1.54, 1.807) is 4.88 Å². The van der Waals surface area contributed by atoms with Crippen LogP contribution in [0.2, 0.25) is 0 Å². The fourth-order valence-electron chi connectivity index (χ4n) is 1.60. The Balaban J connectivity index is 1.90. The normalized spacial score (nSPS) is 24.2. The molecular weight excluding hydrogens is 154 g/mol. The van der Waals surface area contributed by atoms with Crippen LogP contribution in [0.3, 0.4) is 0 Å². The molecule has 1 saturated heterocycles. The van der Waals surface area contributed by atoms with E-state index in [2.05, 4.69) is 22.8 Å². The molecule has 2 heteroatoms. The van der Waals surface area contributed by atoms with Crippen molar-refractivity contribution in [3.8, 4) is 0 Å². The summed E-state index contributed by atoms with van der Waals surface area (Å²) in [6.45, 7) is 2.44. The van der Waals surface area contributed by atoms with E-state index >= 15 is 0 Å². The van der Waals surface area contributed by atoms with Crippen LogP contribution in [0.5, 0.6) is 0 Å². The Kier molecular flexibility index (Phi) is 2.24. The van der Waals surface area contributed by atoms with E-state index in [1.807, 2.05) is 11.3 Å². The van der Waals surface area contributed by atoms with Gasteiger partial charge in [-0.1, -0.05) is 6.07 Å². The Bertz CT molecular complexity index is 199. The first kappa shape index (κ1) is 7.32. The van der Waals surface area contributed by atoms with E-state index in [9.17, 15) is 0 Å². The minimum Gasteiger partial charge on any atom is -0.316 e. The molecule has 2 rings (SSSR count). The van der Waals surface area contributed by atoms with Crippen LogP contribution >= 0.6 is 11.3 Å². The van der Waals surface area contributed by atoms with Gasteiger partial charge in [-0.15, -0.1) is 11.3 Å². The van der Waals surface area contributed by atoms with Crippen LogP contribution in [0.15, 0.2) is 17.5 Å². The molecule has 0 radical (unpaired) electrons. The summed E-state index contributed by atoms with van der Waals surface area (Å²) in [7, 11) is 0. The highest BCUT2D eigenvalue weighted by molar-refractivity contribution is 7.09. The molecule has 0 spiro atoms. The maximum Gasteiger partial charge on any atom is 0.00484 e. The van der Waals surface area contributed by atoms with Gasteiger partial charge < -0.3 is 5.32 Å². The molecular formula is C9H13NS. The van der Waals surface area contributed by atoms with Crippen molar-refractivity contribution >= 4 is 11.3 Å². The summed E-state index contributed by atoms with van der Waals surface area (Å²) < 4.78 is 0. The molecule has 11 heavy (non-hydrogen) atoms. The quantitative estimate of drug-likeness (QED) is 0.709. The second-order valence-electron chi connectivity index (χ2n) is 3.14. The van der Waals surface area contributed by atoms with Crippen LogP contribution in [0.4, 0.5) is 0 Å². The summed E-state index contributed by atoms with van der Waals surface area (Å²) in [6, 6.07) is 4.38. The molecule has 0 amide bonds. The van der Waals surface area contributed by atoms with Gasteiger partial charge in [-0.05, 0) is 43.3 Å². The van der Waals surface area contributed by atoms with Crippen LogP contribution in [0, 0.1) is 5.92 Å². The van der Waals surface area contributed by atoms with Crippen LogP contribution in [-0.2, 0) is 6.42 Å². The van der Waals surface area contributed by atoms with Crippen molar-refractivity contribution in [2.75, 3.05) is 13.1 Å². The molecule has 1 fully saturated rings. The van der Waals surface area contributed by atoms with Crippen molar-refractivity contribution < 1.29 is 0 Å². The fourth-order valence-corrected chi connectivity index (χ4v) is 2.42. The largest absolute Gasteiger partial charge is 0.316 e. The lowest BCUT2D eigenvalue weighted by Crippen LogP contribution is -2.10. The van der Waals surface area contributed by atoms with Crippen molar-refractivity contribution in [2.24, 2.45) is 5.92 Å². The number of nitrogens with one attached hydrogen (secondary N) is 1. The lowest BCUT2D eigenvalue weighted by Gasteiger charge is -2.04. The highest BCUT2D eigenvalue weighted by atomic mass is 32.1. The van der Waals surface area contributed by atoms with Crippen molar-refractivity contribution in [3.63, 3.8) is 0 Å². The third-order valence-corrected chi connectivity index (χ3v) is 3.13. The summed E-state index contributed by atoms with van der Waals surface area (Å²) in [5, 5.41) is 5.55. The van der Waals surface area contributed by atoms with Crippen molar-refractivity contribution in [3.05, 3.63) is 22.4 Å². The summed E-state index contributed by atoms with van der Waals surface area (Å²) in [6.07, 6.45) is 2.64. The van der Waals surface area contributed by atoms with Gasteiger partial charge in [0.1, 0.15) is 0 Å². The predicted octanol–water partition coefficient (Wildman–Crippen LogP) is 1.90. The van der Waals surface area contributed by atoms with E-state index < -0.39 is 0 Å². The van der Waals surface area contributed by atoms with Gasteiger partial charge in [-0.3, -0.25) is 0 Å². The lowest BCUT2D eigenvalue weighted by molar-refractivity contribution is 0.585.